The van der Waals surface area contributed by atoms with Gasteiger partial charge in [-0.3, -0.25) is 4.79 Å². The first kappa shape index (κ1) is 23.2. The van der Waals surface area contributed by atoms with E-state index in [1.165, 1.54) is 0 Å². The van der Waals surface area contributed by atoms with Crippen molar-refractivity contribution in [2.45, 2.75) is 6.92 Å². The monoisotopic (exact) mass is 466 g/mol. The Morgan fingerprint density at radius 1 is 1.00 bits per heavy atom. The Labute approximate surface area is 196 Å². The molecule has 5 nitrogen and oxygen atoms in total. The van der Waals surface area contributed by atoms with Crippen LogP contribution in [0.15, 0.2) is 66.7 Å². The molecule has 1 amide bonds. The van der Waals surface area contributed by atoms with Crippen LogP contribution in [0.3, 0.4) is 0 Å². The highest BCUT2D eigenvalue weighted by Crippen LogP contribution is 2.30. The van der Waals surface area contributed by atoms with Crippen molar-refractivity contribution in [3.63, 3.8) is 0 Å². The van der Waals surface area contributed by atoms with Crippen LogP contribution in [-0.4, -0.2) is 19.1 Å². The summed E-state index contributed by atoms with van der Waals surface area (Å²) in [5.74, 6) is 0.547. The summed E-state index contributed by atoms with van der Waals surface area (Å²) in [5.41, 5.74) is 2.65. The van der Waals surface area contributed by atoms with Crippen LogP contribution in [0.4, 0.5) is 5.69 Å². The number of nitrogens with zero attached hydrogens (tertiary/aromatic N) is 1. The van der Waals surface area contributed by atoms with Crippen LogP contribution in [0.5, 0.6) is 11.5 Å². The summed E-state index contributed by atoms with van der Waals surface area (Å²) in [7, 11) is 0. The Hall–Kier alpha value is -3.46. The normalized spacial score (nSPS) is 10.9. The lowest BCUT2D eigenvalue weighted by Gasteiger charge is -2.13. The Balaban J connectivity index is 1.73. The van der Waals surface area contributed by atoms with E-state index in [4.69, 9.17) is 32.7 Å². The molecule has 0 fully saturated rings. The first-order valence-electron chi connectivity index (χ1n) is 9.82. The number of rotatable bonds is 8. The van der Waals surface area contributed by atoms with E-state index >= 15 is 0 Å². The third-order valence-electron chi connectivity index (χ3n) is 4.35. The third-order valence-corrected chi connectivity index (χ3v) is 5.09. The molecule has 0 bridgehead atoms. The van der Waals surface area contributed by atoms with Crippen molar-refractivity contribution in [1.82, 2.24) is 0 Å². The van der Waals surface area contributed by atoms with Crippen molar-refractivity contribution in [1.29, 1.82) is 5.26 Å². The van der Waals surface area contributed by atoms with Gasteiger partial charge in [-0.2, -0.15) is 5.26 Å². The molecule has 0 heterocycles. The first-order valence-corrected chi connectivity index (χ1v) is 10.6. The molecule has 32 heavy (non-hydrogen) atoms. The summed E-state index contributed by atoms with van der Waals surface area (Å²) >= 11 is 11.9. The van der Waals surface area contributed by atoms with Gasteiger partial charge < -0.3 is 14.8 Å². The van der Waals surface area contributed by atoms with Crippen molar-refractivity contribution in [3.8, 4) is 17.6 Å². The van der Waals surface area contributed by atoms with Gasteiger partial charge in [0.05, 0.1) is 28.3 Å². The number of halogens is 2. The van der Waals surface area contributed by atoms with Gasteiger partial charge >= 0.3 is 0 Å². The van der Waals surface area contributed by atoms with Gasteiger partial charge in [-0.05, 0) is 54.5 Å². The minimum absolute atomic E-state index is 0.219. The highest BCUT2D eigenvalue weighted by atomic mass is 35.5. The van der Waals surface area contributed by atoms with Crippen LogP contribution in [0.1, 0.15) is 18.1 Å². The average molecular weight is 467 g/mol. The molecule has 0 aliphatic carbocycles. The average Bonchev–Trinajstić information content (AvgIpc) is 2.80. The molecule has 0 aliphatic rings. The summed E-state index contributed by atoms with van der Waals surface area (Å²) in [5, 5.41) is 13.0. The fraction of sp³-hybridized carbons (Fsp3) is 0.120. The van der Waals surface area contributed by atoms with Crippen LogP contribution in [0.25, 0.3) is 11.6 Å². The van der Waals surface area contributed by atoms with Crippen molar-refractivity contribution in [2.75, 3.05) is 18.5 Å². The molecular weight excluding hydrogens is 447 g/mol. The molecule has 0 aliphatic heterocycles. The number of nitriles is 1. The van der Waals surface area contributed by atoms with E-state index < -0.39 is 0 Å². The van der Waals surface area contributed by atoms with Crippen molar-refractivity contribution >= 4 is 46.4 Å². The number of carbonyl (C=O) groups is 1. The van der Waals surface area contributed by atoms with Crippen LogP contribution < -0.4 is 14.8 Å². The maximum absolute atomic E-state index is 12.3. The van der Waals surface area contributed by atoms with Crippen LogP contribution in [0.2, 0.25) is 10.0 Å². The van der Waals surface area contributed by atoms with Crippen LogP contribution in [0, 0.1) is 11.3 Å². The maximum atomic E-state index is 12.3. The van der Waals surface area contributed by atoms with E-state index in [0.717, 1.165) is 11.1 Å². The Bertz CT molecular complexity index is 1170. The number of ether oxygens (including phenoxy) is 2. The summed E-state index contributed by atoms with van der Waals surface area (Å²) in [6, 6.07) is 21.7. The highest BCUT2D eigenvalue weighted by Gasteiger charge is 2.11. The molecule has 7 heteroatoms. The molecule has 0 saturated carbocycles. The number of carbonyl (C=O) groups excluding carboxylic acids is 1. The van der Waals surface area contributed by atoms with E-state index in [1.54, 1.807) is 42.5 Å². The Kier molecular flexibility index (Phi) is 8.15. The molecule has 162 valence electrons. The van der Waals surface area contributed by atoms with Crippen molar-refractivity contribution in [3.05, 3.63) is 87.9 Å². The predicted octanol–water partition coefficient (Wildman–Crippen LogP) is 6.47. The van der Waals surface area contributed by atoms with Gasteiger partial charge in [-0.15, -0.1) is 0 Å². The molecule has 0 atom stereocenters. The second-order valence-electron chi connectivity index (χ2n) is 6.64. The van der Waals surface area contributed by atoms with E-state index in [9.17, 15) is 10.1 Å². The highest BCUT2D eigenvalue weighted by molar-refractivity contribution is 6.42. The number of anilines is 1. The molecule has 0 saturated heterocycles. The van der Waals surface area contributed by atoms with E-state index in [0.29, 0.717) is 39.4 Å². The lowest BCUT2D eigenvalue weighted by atomic mass is 10.0. The Morgan fingerprint density at radius 3 is 2.47 bits per heavy atom. The zero-order valence-electron chi connectivity index (χ0n) is 17.3. The van der Waals surface area contributed by atoms with E-state index in [-0.39, 0.29) is 12.5 Å². The van der Waals surface area contributed by atoms with Gasteiger partial charge in [0.15, 0.2) is 18.1 Å². The third kappa shape index (κ3) is 6.27. The standard InChI is InChI=1S/C25H20Cl2N2O3/c1-2-31-24-13-17(12-19(15-28)18-6-4-3-5-7-18)8-11-23(24)32-16-25(30)29-20-9-10-21(26)22(27)14-20/h3-14H,2,16H2,1H3,(H,29,30)/b19-12+. The number of nitrogens with one attached hydrogen (secondary N) is 1. The van der Waals surface area contributed by atoms with Gasteiger partial charge in [0.1, 0.15) is 0 Å². The van der Waals surface area contributed by atoms with E-state index in [2.05, 4.69) is 11.4 Å². The van der Waals surface area contributed by atoms with Gasteiger partial charge in [-0.25, -0.2) is 0 Å². The molecule has 0 aromatic heterocycles. The summed E-state index contributed by atoms with van der Waals surface area (Å²) in [6.45, 7) is 2.06. The van der Waals surface area contributed by atoms with Gasteiger partial charge in [0.25, 0.3) is 5.91 Å². The zero-order valence-corrected chi connectivity index (χ0v) is 18.8. The smallest absolute Gasteiger partial charge is 0.262 e. The molecule has 3 rings (SSSR count). The quantitative estimate of drug-likeness (QED) is 0.304. The second-order valence-corrected chi connectivity index (χ2v) is 7.46. The number of amides is 1. The number of benzene rings is 3. The van der Waals surface area contributed by atoms with Crippen LogP contribution >= 0.6 is 23.2 Å². The summed E-state index contributed by atoms with van der Waals surface area (Å²) < 4.78 is 11.3. The minimum Gasteiger partial charge on any atom is -0.490 e. The second kappa shape index (κ2) is 11.2. The summed E-state index contributed by atoms with van der Waals surface area (Å²) in [4.78, 5) is 12.3. The largest absolute Gasteiger partial charge is 0.490 e. The van der Waals surface area contributed by atoms with Gasteiger partial charge in [0.2, 0.25) is 0 Å². The molecule has 0 unspecified atom stereocenters. The Morgan fingerprint density at radius 2 is 1.78 bits per heavy atom. The minimum atomic E-state index is -0.356. The zero-order chi connectivity index (χ0) is 22.9. The fourth-order valence-corrected chi connectivity index (χ4v) is 3.18. The van der Waals surface area contributed by atoms with E-state index in [1.807, 2.05) is 37.3 Å². The molecule has 1 N–H and O–H groups in total. The molecule has 3 aromatic carbocycles. The number of allylic oxidation sites excluding steroid dienone is 1. The van der Waals surface area contributed by atoms with Crippen molar-refractivity contribution < 1.29 is 14.3 Å². The lowest BCUT2D eigenvalue weighted by Crippen LogP contribution is -2.20. The van der Waals surface area contributed by atoms with Gasteiger partial charge in [-0.1, -0.05) is 59.6 Å². The molecule has 0 spiro atoms. The topological polar surface area (TPSA) is 71.3 Å². The van der Waals surface area contributed by atoms with Crippen LogP contribution in [-0.2, 0) is 4.79 Å². The maximum Gasteiger partial charge on any atom is 0.262 e. The SMILES string of the molecule is CCOc1cc(/C=C(\C#N)c2ccccc2)ccc1OCC(=O)Nc1ccc(Cl)c(Cl)c1. The van der Waals surface area contributed by atoms with Gasteiger partial charge in [0, 0.05) is 5.69 Å². The number of hydrogen-bond acceptors (Lipinski definition) is 4. The van der Waals surface area contributed by atoms with Crippen molar-refractivity contribution in [2.24, 2.45) is 0 Å². The first-order chi connectivity index (χ1) is 15.5. The summed E-state index contributed by atoms with van der Waals surface area (Å²) in [6.07, 6.45) is 1.78. The molecule has 3 aromatic rings. The predicted molar refractivity (Wildman–Crippen MR) is 128 cm³/mol. The molecule has 0 radical (unpaired) electrons. The molecular formula is C25H20Cl2N2O3. The lowest BCUT2D eigenvalue weighted by molar-refractivity contribution is -0.118. The number of hydrogen-bond donors (Lipinski definition) is 1. The fourth-order valence-electron chi connectivity index (χ4n) is 2.88.